The predicted molar refractivity (Wildman–Crippen MR) is 100 cm³/mol. The molecule has 0 atom stereocenters. The van der Waals surface area contributed by atoms with E-state index in [2.05, 4.69) is 9.88 Å². The summed E-state index contributed by atoms with van der Waals surface area (Å²) in [6.07, 6.45) is 0.481. The Kier molecular flexibility index (Phi) is 6.04. The summed E-state index contributed by atoms with van der Waals surface area (Å²) < 4.78 is 5.75. The highest BCUT2D eigenvalue weighted by atomic mass is 32.1. The van der Waals surface area contributed by atoms with E-state index >= 15 is 0 Å². The third kappa shape index (κ3) is 5.03. The molecule has 3 rings (SSSR count). The van der Waals surface area contributed by atoms with Crippen molar-refractivity contribution in [1.82, 2.24) is 14.8 Å². The Morgan fingerprint density at radius 1 is 1.16 bits per heavy atom. The average molecular weight is 359 g/mol. The van der Waals surface area contributed by atoms with Crippen molar-refractivity contribution in [3.63, 3.8) is 0 Å². The van der Waals surface area contributed by atoms with Crippen molar-refractivity contribution >= 4 is 17.2 Å². The Balaban J connectivity index is 1.39. The van der Waals surface area contributed by atoms with Gasteiger partial charge < -0.3 is 9.64 Å². The molecule has 134 valence electrons. The monoisotopic (exact) mass is 359 g/mol. The van der Waals surface area contributed by atoms with Crippen molar-refractivity contribution < 1.29 is 9.53 Å². The van der Waals surface area contributed by atoms with Gasteiger partial charge in [-0.1, -0.05) is 18.2 Å². The van der Waals surface area contributed by atoms with E-state index in [4.69, 9.17) is 4.74 Å². The number of hydrogen-bond acceptors (Lipinski definition) is 5. The van der Waals surface area contributed by atoms with Crippen molar-refractivity contribution in [1.29, 1.82) is 0 Å². The maximum Gasteiger partial charge on any atom is 0.227 e. The van der Waals surface area contributed by atoms with E-state index in [9.17, 15) is 4.79 Å². The lowest BCUT2D eigenvalue weighted by atomic mass is 10.2. The van der Waals surface area contributed by atoms with Gasteiger partial charge in [-0.05, 0) is 26.0 Å². The van der Waals surface area contributed by atoms with Crippen molar-refractivity contribution in [2.75, 3.05) is 39.3 Å². The van der Waals surface area contributed by atoms with Crippen LogP contribution in [0.3, 0.4) is 0 Å². The van der Waals surface area contributed by atoms with Crippen molar-refractivity contribution in [2.24, 2.45) is 0 Å². The maximum atomic E-state index is 12.5. The Morgan fingerprint density at radius 3 is 2.52 bits per heavy atom. The number of piperazine rings is 1. The molecule has 1 aliphatic heterocycles. The van der Waals surface area contributed by atoms with Gasteiger partial charge in [0.2, 0.25) is 5.91 Å². The first-order valence-corrected chi connectivity index (χ1v) is 9.54. The number of rotatable bonds is 6. The molecule has 0 unspecified atom stereocenters. The summed E-state index contributed by atoms with van der Waals surface area (Å²) in [4.78, 5) is 22.3. The maximum absolute atomic E-state index is 12.5. The van der Waals surface area contributed by atoms with Crippen molar-refractivity contribution in [3.8, 4) is 5.75 Å². The topological polar surface area (TPSA) is 45.7 Å². The smallest absolute Gasteiger partial charge is 0.227 e. The third-order valence-electron chi connectivity index (χ3n) is 4.46. The van der Waals surface area contributed by atoms with E-state index in [1.54, 1.807) is 11.3 Å². The molecular formula is C19H25N3O2S. The zero-order chi connectivity index (χ0) is 17.6. The van der Waals surface area contributed by atoms with Crippen LogP contribution in [0.2, 0.25) is 0 Å². The van der Waals surface area contributed by atoms with Gasteiger partial charge >= 0.3 is 0 Å². The molecule has 1 aromatic heterocycles. The lowest BCUT2D eigenvalue weighted by molar-refractivity contribution is -0.132. The lowest BCUT2D eigenvalue weighted by Gasteiger charge is -2.34. The first-order valence-electron chi connectivity index (χ1n) is 8.72. The molecule has 1 aliphatic rings. The standard InChI is InChI=1S/C19H25N3O2S/c1-15-18(25-16(2)20-15)14-19(23)22-10-8-21(9-11-22)12-13-24-17-6-4-3-5-7-17/h3-7H,8-14H2,1-2H3. The minimum Gasteiger partial charge on any atom is -0.492 e. The van der Waals surface area contributed by atoms with Gasteiger partial charge in [0.1, 0.15) is 12.4 Å². The van der Waals surface area contributed by atoms with Crippen LogP contribution >= 0.6 is 11.3 Å². The summed E-state index contributed by atoms with van der Waals surface area (Å²) in [5, 5.41) is 1.03. The number of ether oxygens (including phenoxy) is 1. The number of para-hydroxylation sites is 1. The van der Waals surface area contributed by atoms with E-state index in [1.807, 2.05) is 49.1 Å². The molecule has 5 nitrogen and oxygen atoms in total. The van der Waals surface area contributed by atoms with Crippen LogP contribution in [-0.2, 0) is 11.2 Å². The summed E-state index contributed by atoms with van der Waals surface area (Å²) >= 11 is 1.63. The molecule has 1 saturated heterocycles. The van der Waals surface area contributed by atoms with Crippen LogP contribution in [0.5, 0.6) is 5.75 Å². The van der Waals surface area contributed by atoms with Crippen LogP contribution in [-0.4, -0.2) is 60.0 Å². The summed E-state index contributed by atoms with van der Waals surface area (Å²) in [7, 11) is 0. The van der Waals surface area contributed by atoms with Gasteiger partial charge in [0, 0.05) is 37.6 Å². The average Bonchev–Trinajstić information content (AvgIpc) is 2.93. The molecule has 0 radical (unpaired) electrons. The molecular weight excluding hydrogens is 334 g/mol. The van der Waals surface area contributed by atoms with Gasteiger partial charge in [0.05, 0.1) is 17.1 Å². The zero-order valence-corrected chi connectivity index (χ0v) is 15.7. The minimum absolute atomic E-state index is 0.215. The summed E-state index contributed by atoms with van der Waals surface area (Å²) in [5.41, 5.74) is 0.993. The van der Waals surface area contributed by atoms with Gasteiger partial charge in [-0.25, -0.2) is 4.98 Å². The van der Waals surface area contributed by atoms with Gasteiger partial charge in [-0.15, -0.1) is 11.3 Å². The van der Waals surface area contributed by atoms with Crippen LogP contribution < -0.4 is 4.74 Å². The second kappa shape index (κ2) is 8.45. The number of aromatic nitrogens is 1. The number of thiazole rings is 1. The van der Waals surface area contributed by atoms with Gasteiger partial charge in [-0.3, -0.25) is 9.69 Å². The second-order valence-electron chi connectivity index (χ2n) is 6.30. The van der Waals surface area contributed by atoms with Crippen LogP contribution in [0.1, 0.15) is 15.6 Å². The largest absolute Gasteiger partial charge is 0.492 e. The highest BCUT2D eigenvalue weighted by Crippen LogP contribution is 2.19. The molecule has 0 N–H and O–H groups in total. The lowest BCUT2D eigenvalue weighted by Crippen LogP contribution is -2.49. The zero-order valence-electron chi connectivity index (χ0n) is 14.9. The van der Waals surface area contributed by atoms with Gasteiger partial charge in [-0.2, -0.15) is 0 Å². The number of benzene rings is 1. The molecule has 0 saturated carbocycles. The van der Waals surface area contributed by atoms with Gasteiger partial charge in [0.15, 0.2) is 0 Å². The van der Waals surface area contributed by atoms with E-state index in [0.717, 1.165) is 54.1 Å². The highest BCUT2D eigenvalue weighted by Gasteiger charge is 2.22. The molecule has 0 spiro atoms. The van der Waals surface area contributed by atoms with E-state index < -0.39 is 0 Å². The van der Waals surface area contributed by atoms with Crippen molar-refractivity contribution in [3.05, 3.63) is 45.9 Å². The highest BCUT2D eigenvalue weighted by molar-refractivity contribution is 7.11. The number of carbonyl (C=O) groups is 1. The normalized spacial score (nSPS) is 15.4. The van der Waals surface area contributed by atoms with Crippen LogP contribution in [0, 0.1) is 13.8 Å². The fourth-order valence-corrected chi connectivity index (χ4v) is 3.95. The fourth-order valence-electron chi connectivity index (χ4n) is 3.02. The minimum atomic E-state index is 0.215. The summed E-state index contributed by atoms with van der Waals surface area (Å²) in [5.74, 6) is 1.12. The Hall–Kier alpha value is -1.92. The SMILES string of the molecule is Cc1nc(C)c(CC(=O)N2CCN(CCOc3ccccc3)CC2)s1. The molecule has 2 heterocycles. The first kappa shape index (κ1) is 17.9. The Bertz CT molecular complexity index is 694. The number of carbonyl (C=O) groups excluding carboxylic acids is 1. The fraction of sp³-hybridized carbons (Fsp3) is 0.474. The molecule has 1 fully saturated rings. The van der Waals surface area contributed by atoms with E-state index in [-0.39, 0.29) is 5.91 Å². The summed E-state index contributed by atoms with van der Waals surface area (Å²) in [6, 6.07) is 9.88. The van der Waals surface area contributed by atoms with Crippen molar-refractivity contribution in [2.45, 2.75) is 20.3 Å². The van der Waals surface area contributed by atoms with E-state index in [1.165, 1.54) is 0 Å². The summed E-state index contributed by atoms with van der Waals surface area (Å²) in [6.45, 7) is 8.94. The predicted octanol–water partition coefficient (Wildman–Crippen LogP) is 2.53. The number of aryl methyl sites for hydroxylation is 2. The van der Waals surface area contributed by atoms with Crippen LogP contribution in [0.15, 0.2) is 30.3 Å². The van der Waals surface area contributed by atoms with Crippen LogP contribution in [0.25, 0.3) is 0 Å². The number of nitrogens with zero attached hydrogens (tertiary/aromatic N) is 3. The van der Waals surface area contributed by atoms with Crippen LogP contribution in [0.4, 0.5) is 0 Å². The second-order valence-corrected chi connectivity index (χ2v) is 7.59. The Morgan fingerprint density at radius 2 is 1.88 bits per heavy atom. The number of hydrogen-bond donors (Lipinski definition) is 0. The third-order valence-corrected chi connectivity index (χ3v) is 5.53. The molecule has 25 heavy (non-hydrogen) atoms. The molecule has 1 amide bonds. The number of amides is 1. The molecule has 2 aromatic rings. The first-order chi connectivity index (χ1) is 12.1. The molecule has 0 bridgehead atoms. The van der Waals surface area contributed by atoms with E-state index in [0.29, 0.717) is 13.0 Å². The Labute approximate surface area is 153 Å². The molecule has 1 aromatic carbocycles. The molecule has 6 heteroatoms. The van der Waals surface area contributed by atoms with Gasteiger partial charge in [0.25, 0.3) is 0 Å². The quantitative estimate of drug-likeness (QED) is 0.795. The molecule has 0 aliphatic carbocycles.